The van der Waals surface area contributed by atoms with Crippen LogP contribution in [0, 0.1) is 11.3 Å². The fourth-order valence-electron chi connectivity index (χ4n) is 9.04. The van der Waals surface area contributed by atoms with Gasteiger partial charge in [0.1, 0.15) is 41.7 Å². The van der Waals surface area contributed by atoms with Gasteiger partial charge in [-0.3, -0.25) is 14.2 Å². The second-order valence-corrected chi connectivity index (χ2v) is 18.8. The average Bonchev–Trinajstić information content (AvgIpc) is 4.00. The maximum atomic E-state index is 14.5. The van der Waals surface area contributed by atoms with E-state index in [2.05, 4.69) is 43.4 Å². The Morgan fingerprint density at radius 1 is 0.722 bits per heavy atom. The van der Waals surface area contributed by atoms with E-state index in [0.717, 1.165) is 21.6 Å². The van der Waals surface area contributed by atoms with Crippen LogP contribution in [0.15, 0.2) is 152 Å². The molecule has 8 rings (SSSR count). The zero-order valence-electron chi connectivity index (χ0n) is 41.3. The van der Waals surface area contributed by atoms with Crippen molar-refractivity contribution in [3.63, 3.8) is 0 Å². The topological polar surface area (TPSA) is 173 Å². The minimum atomic E-state index is -1.86. The van der Waals surface area contributed by atoms with Crippen LogP contribution in [0.2, 0.25) is 0 Å². The van der Waals surface area contributed by atoms with Gasteiger partial charge in [0.05, 0.1) is 46.3 Å². The quantitative estimate of drug-likeness (QED) is 0.0288. The highest BCUT2D eigenvalue weighted by Gasteiger charge is 2.51. The zero-order chi connectivity index (χ0) is 50.8. The molecule has 7 aromatic rings. The lowest BCUT2D eigenvalue weighted by atomic mass is 9.80. The van der Waals surface area contributed by atoms with E-state index in [1.165, 1.54) is 12.7 Å². The number of anilines is 1. The highest BCUT2D eigenvalue weighted by Crippen LogP contribution is 2.52. The van der Waals surface area contributed by atoms with Crippen molar-refractivity contribution in [1.82, 2.24) is 24.2 Å². The van der Waals surface area contributed by atoms with Crippen molar-refractivity contribution in [1.29, 1.82) is 5.26 Å². The van der Waals surface area contributed by atoms with E-state index in [-0.39, 0.29) is 59.8 Å². The summed E-state index contributed by atoms with van der Waals surface area (Å²) in [6, 6.07) is 44.6. The van der Waals surface area contributed by atoms with Gasteiger partial charge < -0.3 is 32.7 Å². The molecule has 1 aliphatic rings. The molecule has 0 radical (unpaired) electrons. The third-order valence-electron chi connectivity index (χ3n) is 12.3. The normalized spacial score (nSPS) is 17.3. The fourth-order valence-corrected chi connectivity index (χ4v) is 10.8. The minimum Gasteiger partial charge on any atom is -0.497 e. The summed E-state index contributed by atoms with van der Waals surface area (Å²) < 4.78 is 49.6. The number of benzene rings is 5. The van der Waals surface area contributed by atoms with E-state index in [1.807, 2.05) is 78.9 Å². The lowest BCUT2D eigenvalue weighted by molar-refractivity contribution is -0.0981. The molecule has 0 spiro atoms. The Bertz CT molecular complexity index is 2820. The monoisotopic (exact) mass is 991 g/mol. The van der Waals surface area contributed by atoms with Gasteiger partial charge >= 0.3 is 0 Å². The molecule has 0 N–H and O–H groups in total. The summed E-state index contributed by atoms with van der Waals surface area (Å²) in [5, 5.41) is 9.57. The van der Waals surface area contributed by atoms with Gasteiger partial charge in [-0.25, -0.2) is 24.5 Å². The molecule has 1 aliphatic heterocycles. The number of hydrogen-bond acceptors (Lipinski definition) is 14. The Labute approximate surface area is 421 Å². The highest BCUT2D eigenvalue weighted by atomic mass is 31.2. The number of nitriles is 1. The average molecular weight is 992 g/mol. The Morgan fingerprint density at radius 2 is 1.25 bits per heavy atom. The van der Waals surface area contributed by atoms with E-state index >= 15 is 0 Å². The van der Waals surface area contributed by atoms with Crippen molar-refractivity contribution >= 4 is 37.3 Å². The Balaban J connectivity index is 1.26. The van der Waals surface area contributed by atoms with Crippen molar-refractivity contribution in [3.8, 4) is 17.6 Å². The van der Waals surface area contributed by atoms with Crippen LogP contribution in [0.1, 0.15) is 77.8 Å². The van der Waals surface area contributed by atoms with Crippen molar-refractivity contribution in [2.24, 2.45) is 0 Å². The molecular formula is C55H58N7O9P. The summed E-state index contributed by atoms with van der Waals surface area (Å²) in [6.07, 6.45) is -0.606. The number of nitrogens with zero attached hydrogens (tertiary/aromatic N) is 7. The maximum absolute atomic E-state index is 14.5. The number of methoxy groups -OCH3 is 3. The van der Waals surface area contributed by atoms with Gasteiger partial charge in [0.2, 0.25) is 0 Å². The van der Waals surface area contributed by atoms with E-state index in [1.54, 1.807) is 86.6 Å². The van der Waals surface area contributed by atoms with E-state index in [4.69, 9.17) is 42.7 Å². The van der Waals surface area contributed by atoms with Crippen molar-refractivity contribution in [2.75, 3.05) is 39.4 Å². The third kappa shape index (κ3) is 10.6. The van der Waals surface area contributed by atoms with Crippen LogP contribution in [0.3, 0.4) is 0 Å². The molecule has 1 unspecified atom stereocenters. The highest BCUT2D eigenvalue weighted by molar-refractivity contribution is 7.44. The molecule has 17 heteroatoms. The smallest absolute Gasteiger partial charge is 0.266 e. The lowest BCUT2D eigenvalue weighted by Gasteiger charge is -2.38. The molecule has 5 aromatic carbocycles. The first-order valence-corrected chi connectivity index (χ1v) is 24.8. The van der Waals surface area contributed by atoms with Gasteiger partial charge in [-0.1, -0.05) is 91.0 Å². The third-order valence-corrected chi connectivity index (χ3v) is 14.5. The number of hydrogen-bond donors (Lipinski definition) is 0. The number of imidazole rings is 1. The number of fused-ring (bicyclic) bond motifs is 1. The molecular weight excluding hydrogens is 934 g/mol. The maximum Gasteiger partial charge on any atom is 0.266 e. The van der Waals surface area contributed by atoms with Gasteiger partial charge in [0.15, 0.2) is 23.2 Å². The number of amides is 2. The van der Waals surface area contributed by atoms with Crippen molar-refractivity contribution in [3.05, 3.63) is 180 Å². The van der Waals surface area contributed by atoms with Crippen LogP contribution in [0.4, 0.5) is 5.82 Å². The predicted molar refractivity (Wildman–Crippen MR) is 272 cm³/mol. The zero-order valence-corrected chi connectivity index (χ0v) is 42.2. The molecule has 372 valence electrons. The van der Waals surface area contributed by atoms with Crippen LogP contribution in [0.25, 0.3) is 11.2 Å². The number of ether oxygens (including phenoxy) is 5. The van der Waals surface area contributed by atoms with Crippen LogP contribution < -0.4 is 14.4 Å². The summed E-state index contributed by atoms with van der Waals surface area (Å²) in [4.78, 5) is 44.0. The Kier molecular flexibility index (Phi) is 16.8. The van der Waals surface area contributed by atoms with E-state index in [9.17, 15) is 14.9 Å². The Morgan fingerprint density at radius 3 is 1.75 bits per heavy atom. The summed E-state index contributed by atoms with van der Waals surface area (Å²) >= 11 is 0. The summed E-state index contributed by atoms with van der Waals surface area (Å²) in [5.74, 6) is 0.122. The number of carbonyl (C=O) groups excluding carboxylic acids is 2. The number of carbonyl (C=O) groups is 2. The first-order valence-electron chi connectivity index (χ1n) is 23.6. The number of imide groups is 1. The largest absolute Gasteiger partial charge is 0.497 e. The standard InChI is InChI=1S/C55H58N7O9P/c1-37(2)62(38(3)4)72(69-33-17-32-56)71-49-48(67-7)46(34-68-55(41-22-15-10-16-23-41,42-24-28-44(65-5)29-25-42)43-26-30-45(66-6)31-27-43)70-54(49)60-36-59-47-50(60)57-35-58-51(47)61(52(63)39-18-11-8-12-19-39)53(64)40-20-13-9-14-21-40/h8-16,18-31,35-38,46,48-49,54H,17,33-34H2,1-7H3/t46-,48-,49-,54-,72?/m1/s1. The van der Waals surface area contributed by atoms with Crippen LogP contribution in [-0.4, -0.2) is 101 Å². The molecule has 5 atom stereocenters. The van der Waals surface area contributed by atoms with Gasteiger partial charge in [0, 0.05) is 30.3 Å². The molecule has 16 nitrogen and oxygen atoms in total. The van der Waals surface area contributed by atoms with Gasteiger partial charge in [-0.2, -0.15) is 5.26 Å². The molecule has 3 heterocycles. The Hall–Kier alpha value is -6.93. The molecule has 2 aromatic heterocycles. The van der Waals surface area contributed by atoms with Crippen molar-refractivity contribution < 1.29 is 42.3 Å². The van der Waals surface area contributed by atoms with E-state index < -0.39 is 50.5 Å². The summed E-state index contributed by atoms with van der Waals surface area (Å²) in [5.41, 5.74) is 2.22. The first-order chi connectivity index (χ1) is 35.0. The lowest BCUT2D eigenvalue weighted by Crippen LogP contribution is -2.42. The van der Waals surface area contributed by atoms with Gasteiger partial charge in [-0.15, -0.1) is 0 Å². The molecule has 72 heavy (non-hydrogen) atoms. The predicted octanol–water partition coefficient (Wildman–Crippen LogP) is 9.91. The first kappa shape index (κ1) is 51.4. The van der Waals surface area contributed by atoms with Crippen molar-refractivity contribution in [2.45, 2.75) is 76.3 Å². The van der Waals surface area contributed by atoms with E-state index in [0.29, 0.717) is 11.5 Å². The van der Waals surface area contributed by atoms with Gasteiger partial charge in [-0.05, 0) is 92.9 Å². The molecule has 0 bridgehead atoms. The fraction of sp³-hybridized carbons (Fsp3) is 0.309. The molecule has 1 saturated heterocycles. The SMILES string of the molecule is COc1ccc(C(OC[C@H]2O[C@@H](n3cnc4c(N(C(=O)c5ccccc5)C(=O)c5ccccc5)ncnc43)[C@H](OP(OCCC#N)N(C(C)C)C(C)C)[C@@H]2OC)(c2ccccc2)c2ccc(OC)cc2)cc1. The summed E-state index contributed by atoms with van der Waals surface area (Å²) in [7, 11) is 2.97. The molecule has 1 fully saturated rings. The number of rotatable bonds is 21. The second kappa shape index (κ2) is 23.5. The van der Waals surface area contributed by atoms with Crippen LogP contribution in [0.5, 0.6) is 11.5 Å². The van der Waals surface area contributed by atoms with Crippen LogP contribution in [-0.2, 0) is 28.9 Å². The molecule has 0 saturated carbocycles. The summed E-state index contributed by atoms with van der Waals surface area (Å²) in [6.45, 7) is 8.31. The number of aromatic nitrogens is 4. The molecule has 2 amide bonds. The molecule has 0 aliphatic carbocycles. The van der Waals surface area contributed by atoms with Gasteiger partial charge in [0.25, 0.3) is 20.3 Å². The minimum absolute atomic E-state index is 0.0281. The second-order valence-electron chi connectivity index (χ2n) is 17.4. The van der Waals surface area contributed by atoms with Crippen LogP contribution >= 0.6 is 8.53 Å².